The van der Waals surface area contributed by atoms with Crippen molar-refractivity contribution in [2.45, 2.75) is 31.4 Å². The van der Waals surface area contributed by atoms with E-state index in [1.165, 1.54) is 0 Å². The van der Waals surface area contributed by atoms with Gasteiger partial charge >= 0.3 is 0 Å². The minimum absolute atomic E-state index is 0.0207. The van der Waals surface area contributed by atoms with Crippen molar-refractivity contribution < 1.29 is 17.7 Å². The summed E-state index contributed by atoms with van der Waals surface area (Å²) in [4.78, 5) is 20.0. The van der Waals surface area contributed by atoms with Gasteiger partial charge in [-0.15, -0.1) is 0 Å². The average Bonchev–Trinajstić information content (AvgIpc) is 2.74. The van der Waals surface area contributed by atoms with Gasteiger partial charge in [0.2, 0.25) is 0 Å². The van der Waals surface area contributed by atoms with Crippen LogP contribution in [0.25, 0.3) is 0 Å². The van der Waals surface area contributed by atoms with Crippen molar-refractivity contribution in [3.05, 3.63) is 45.7 Å². The lowest BCUT2D eigenvalue weighted by atomic mass is 10.2. The lowest BCUT2D eigenvalue weighted by Gasteiger charge is -2.30. The van der Waals surface area contributed by atoms with E-state index in [1.54, 1.807) is 24.3 Å². The molecule has 0 aliphatic heterocycles. The van der Waals surface area contributed by atoms with Crippen molar-refractivity contribution in [3.8, 4) is 0 Å². The molecule has 0 spiro atoms. The van der Waals surface area contributed by atoms with Gasteiger partial charge in [0.1, 0.15) is 0 Å². The van der Waals surface area contributed by atoms with E-state index in [4.69, 9.17) is 34.7 Å². The Bertz CT molecular complexity index is 1080. The fourth-order valence-corrected chi connectivity index (χ4v) is 5.14. The number of carbonyl (C=O) groups is 1. The molecule has 188 valence electrons. The van der Waals surface area contributed by atoms with Crippen LogP contribution in [0.1, 0.15) is 41.7 Å². The number of carbonyl (C=O) groups excluding carboxylic acids is 1. The second kappa shape index (κ2) is 12.5. The van der Waals surface area contributed by atoms with E-state index in [0.29, 0.717) is 29.0 Å². The number of unbranched alkanes of at least 4 members (excludes halogenated alkanes) is 3. The Labute approximate surface area is 211 Å². The van der Waals surface area contributed by atoms with Gasteiger partial charge in [0, 0.05) is 5.02 Å². The van der Waals surface area contributed by atoms with E-state index in [-0.39, 0.29) is 34.0 Å². The van der Waals surface area contributed by atoms with Crippen molar-refractivity contribution in [1.29, 1.82) is 0 Å². The number of hydrogen-bond acceptors (Lipinski definition) is 7. The number of hydrogen-bond donors (Lipinski definition) is 3. The summed E-state index contributed by atoms with van der Waals surface area (Å²) in [5.74, 6) is -0.316. The van der Waals surface area contributed by atoms with Crippen LogP contribution in [0.3, 0.4) is 0 Å². The molecule has 0 aliphatic carbocycles. The van der Waals surface area contributed by atoms with Gasteiger partial charge in [0.05, 0.1) is 45.2 Å². The maximum Gasteiger partial charge on any atom is 0.273 e. The maximum absolute atomic E-state index is 12.3. The molecule has 0 unspecified atom stereocenters. The maximum atomic E-state index is 12.3. The van der Waals surface area contributed by atoms with Gasteiger partial charge in [-0.05, 0) is 37.0 Å². The number of nitrogens with zero attached hydrogens (tertiary/aromatic N) is 3. The van der Waals surface area contributed by atoms with Gasteiger partial charge in [-0.3, -0.25) is 4.79 Å². The molecule has 1 aromatic heterocycles. The number of rotatable bonds is 13. The van der Waals surface area contributed by atoms with Crippen LogP contribution in [-0.2, 0) is 15.6 Å². The van der Waals surface area contributed by atoms with Crippen LogP contribution in [0.4, 0.5) is 11.6 Å². The first kappa shape index (κ1) is 28.1. The number of nitrogen functional groups attached to an aromatic ring is 2. The van der Waals surface area contributed by atoms with Crippen LogP contribution in [0.5, 0.6) is 0 Å². The summed E-state index contributed by atoms with van der Waals surface area (Å²) in [6.07, 6.45) is 3.41. The molecule has 9 nitrogen and oxygen atoms in total. The van der Waals surface area contributed by atoms with E-state index >= 15 is 0 Å². The Morgan fingerprint density at radius 1 is 0.971 bits per heavy atom. The van der Waals surface area contributed by atoms with Crippen LogP contribution >= 0.6 is 23.2 Å². The smallest absolute Gasteiger partial charge is 0.273 e. The highest BCUT2D eigenvalue weighted by Gasteiger charge is 2.19. The zero-order chi connectivity index (χ0) is 25.4. The molecule has 0 aliphatic rings. The molecule has 1 heterocycles. The Hall–Kier alpha value is -2.14. The molecule has 1 amide bonds. The first-order valence-corrected chi connectivity index (χ1v) is 13.6. The number of anilines is 2. The number of nitrogens with one attached hydrogen (secondary N) is 1. The van der Waals surface area contributed by atoms with Crippen LogP contribution in [0.2, 0.25) is 10.2 Å². The summed E-state index contributed by atoms with van der Waals surface area (Å²) in [5.41, 5.74) is 11.9. The predicted molar refractivity (Wildman–Crippen MR) is 137 cm³/mol. The topological polar surface area (TPSA) is 141 Å². The lowest BCUT2D eigenvalue weighted by Crippen LogP contribution is -2.46. The highest BCUT2D eigenvalue weighted by molar-refractivity contribution is 7.90. The molecule has 1 aromatic carbocycles. The summed E-state index contributed by atoms with van der Waals surface area (Å²) in [6, 6.07) is 6.90. The highest BCUT2D eigenvalue weighted by atomic mass is 35.5. The molecule has 2 rings (SSSR count). The Balaban J connectivity index is 1.64. The van der Waals surface area contributed by atoms with E-state index < -0.39 is 15.7 Å². The van der Waals surface area contributed by atoms with E-state index in [1.807, 2.05) is 0 Å². The average molecular weight is 533 g/mol. The second-order valence-corrected chi connectivity index (χ2v) is 11.9. The molecule has 0 atom stereocenters. The van der Waals surface area contributed by atoms with Gasteiger partial charge in [-0.2, -0.15) is 0 Å². The molecule has 0 saturated carbocycles. The zero-order valence-corrected chi connectivity index (χ0v) is 21.9. The molecule has 0 fully saturated rings. The van der Waals surface area contributed by atoms with Crippen molar-refractivity contribution in [2.24, 2.45) is 0 Å². The number of nitrogens with two attached hydrogens (primary N) is 2. The molecule has 0 radical (unpaired) electrons. The van der Waals surface area contributed by atoms with Gasteiger partial charge in [-0.25, -0.2) is 18.4 Å². The van der Waals surface area contributed by atoms with Gasteiger partial charge in [0.25, 0.3) is 5.91 Å². The van der Waals surface area contributed by atoms with Gasteiger partial charge < -0.3 is 21.3 Å². The second-order valence-electron chi connectivity index (χ2n) is 8.91. The van der Waals surface area contributed by atoms with Crippen molar-refractivity contribution in [1.82, 2.24) is 15.3 Å². The number of halogens is 2. The Morgan fingerprint density at radius 2 is 1.62 bits per heavy atom. The first-order chi connectivity index (χ1) is 15.9. The number of amides is 1. The lowest BCUT2D eigenvalue weighted by molar-refractivity contribution is -0.889. The van der Waals surface area contributed by atoms with Crippen LogP contribution in [-0.4, -0.2) is 68.3 Å². The third-order valence-electron chi connectivity index (χ3n) is 5.39. The fraction of sp³-hybridized carbons (Fsp3) is 0.500. The van der Waals surface area contributed by atoms with Crippen molar-refractivity contribution in [2.75, 3.05) is 50.9 Å². The molecular weight excluding hydrogens is 499 g/mol. The molecule has 2 aromatic rings. The molecule has 5 N–H and O–H groups in total. The number of benzene rings is 1. The minimum Gasteiger partial charge on any atom is -0.382 e. The quantitative estimate of drug-likeness (QED) is 0.266. The van der Waals surface area contributed by atoms with E-state index in [2.05, 4.69) is 29.4 Å². The number of likely N-dealkylation sites (N-methyl/N-ethyl adjacent to an activating group) is 1. The Morgan fingerprint density at radius 3 is 2.29 bits per heavy atom. The SMILES string of the molecule is C[N+](C)(CCCCCCS(=O)(=O)Cc1ccc(Cl)cc1)CCNC(=O)c1nc(Cl)c(N)nc1N. The molecule has 34 heavy (non-hydrogen) atoms. The Kier molecular flexibility index (Phi) is 10.4. The molecule has 12 heteroatoms. The van der Waals surface area contributed by atoms with Crippen molar-refractivity contribution in [3.63, 3.8) is 0 Å². The summed E-state index contributed by atoms with van der Waals surface area (Å²) in [7, 11) is 1.03. The normalized spacial score (nSPS) is 12.0. The summed E-state index contributed by atoms with van der Waals surface area (Å²) in [6.45, 7) is 2.04. The predicted octanol–water partition coefficient (Wildman–Crippen LogP) is 2.93. The van der Waals surface area contributed by atoms with Crippen LogP contribution in [0.15, 0.2) is 24.3 Å². The zero-order valence-electron chi connectivity index (χ0n) is 19.6. The number of aromatic nitrogens is 2. The summed E-state index contributed by atoms with van der Waals surface area (Å²) in [5, 5.41) is 3.31. The summed E-state index contributed by atoms with van der Waals surface area (Å²) < 4.78 is 25.3. The largest absolute Gasteiger partial charge is 0.382 e. The van der Waals surface area contributed by atoms with E-state index in [9.17, 15) is 13.2 Å². The third kappa shape index (κ3) is 9.61. The van der Waals surface area contributed by atoms with Crippen LogP contribution in [0, 0.1) is 0 Å². The van der Waals surface area contributed by atoms with E-state index in [0.717, 1.165) is 31.4 Å². The number of sulfone groups is 1. The number of quaternary nitrogens is 1. The van der Waals surface area contributed by atoms with Crippen molar-refractivity contribution >= 4 is 50.6 Å². The van der Waals surface area contributed by atoms with Gasteiger partial charge in [-0.1, -0.05) is 41.8 Å². The molecular formula is C22H33Cl2N6O3S+. The van der Waals surface area contributed by atoms with Gasteiger partial charge in [0.15, 0.2) is 32.3 Å². The van der Waals surface area contributed by atoms with Crippen LogP contribution < -0.4 is 16.8 Å². The monoisotopic (exact) mass is 531 g/mol. The molecule has 0 saturated heterocycles. The summed E-state index contributed by atoms with van der Waals surface area (Å²) >= 11 is 11.7. The molecule has 0 bridgehead atoms. The third-order valence-corrected chi connectivity index (χ3v) is 7.61. The first-order valence-electron chi connectivity index (χ1n) is 11.0. The minimum atomic E-state index is -3.14. The fourth-order valence-electron chi connectivity index (χ4n) is 3.40. The highest BCUT2D eigenvalue weighted by Crippen LogP contribution is 2.17. The standard InChI is InChI=1S/C22H32Cl2N6O3S/c1-30(2,13-11-27-22(31)18-20(25)29-21(26)19(24)28-18)12-5-3-4-6-14-34(32,33)15-16-7-9-17(23)10-8-16/h7-10H,3-6,11-15H2,1-2H3,(H4-,25,26,27,29,31)/p+1.